The number of hydrogen-bond donors (Lipinski definition) is 2. The number of aromatic amines is 1. The van der Waals surface area contributed by atoms with E-state index in [2.05, 4.69) is 50.5 Å². The summed E-state index contributed by atoms with van der Waals surface area (Å²) in [5.41, 5.74) is 3.06. The molecule has 164 valence electrons. The van der Waals surface area contributed by atoms with Crippen LogP contribution in [0.4, 0.5) is 0 Å². The molecule has 0 unspecified atom stereocenters. The van der Waals surface area contributed by atoms with Crippen LogP contribution in [0.15, 0.2) is 97.4 Å². The number of H-pyrrole nitrogens is 1. The van der Waals surface area contributed by atoms with Gasteiger partial charge in [0.05, 0.1) is 5.69 Å². The van der Waals surface area contributed by atoms with Gasteiger partial charge in [-0.25, -0.2) is 4.79 Å². The summed E-state index contributed by atoms with van der Waals surface area (Å²) in [6, 6.07) is 25.1. The van der Waals surface area contributed by atoms with Crippen LogP contribution in [0.5, 0.6) is 0 Å². The molecule has 5 aromatic rings. The van der Waals surface area contributed by atoms with Gasteiger partial charge in [0.25, 0.3) is 5.91 Å². The molecule has 0 aliphatic heterocycles. The van der Waals surface area contributed by atoms with Gasteiger partial charge in [-0.1, -0.05) is 64.5 Å². The molecule has 1 amide bonds. The minimum absolute atomic E-state index is 0.0151. The maximum atomic E-state index is 12.6. The summed E-state index contributed by atoms with van der Waals surface area (Å²) >= 11 is 5.16. The van der Waals surface area contributed by atoms with Gasteiger partial charge >= 0.3 is 5.63 Å². The van der Waals surface area contributed by atoms with E-state index in [0.29, 0.717) is 17.9 Å². The third-order valence-electron chi connectivity index (χ3n) is 5.31. The van der Waals surface area contributed by atoms with Crippen molar-refractivity contribution in [2.45, 2.75) is 4.90 Å². The fourth-order valence-corrected chi connectivity index (χ4v) is 5.04. The number of amides is 1. The van der Waals surface area contributed by atoms with Gasteiger partial charge in [-0.3, -0.25) is 4.79 Å². The Balaban J connectivity index is 1.32. The third-order valence-corrected chi connectivity index (χ3v) is 6.96. The van der Waals surface area contributed by atoms with Crippen molar-refractivity contribution in [3.05, 3.63) is 99.3 Å². The fraction of sp³-hybridized carbons (Fsp3) is 0.0769. The Bertz CT molecular complexity index is 1520. The zero-order valence-corrected chi connectivity index (χ0v) is 19.8. The third kappa shape index (κ3) is 4.47. The molecule has 0 bridgehead atoms. The Hall–Kier alpha value is -3.29. The average molecular weight is 519 g/mol. The lowest BCUT2D eigenvalue weighted by Crippen LogP contribution is -2.29. The molecule has 0 fully saturated rings. The summed E-state index contributed by atoms with van der Waals surface area (Å²) < 4.78 is 6.30. The second-order valence-electron chi connectivity index (χ2n) is 7.47. The number of rotatable bonds is 6. The highest BCUT2D eigenvalue weighted by atomic mass is 79.9. The van der Waals surface area contributed by atoms with Gasteiger partial charge < -0.3 is 14.7 Å². The first-order valence-corrected chi connectivity index (χ1v) is 12.2. The summed E-state index contributed by atoms with van der Waals surface area (Å²) in [5.74, 6) is 0.220. The Morgan fingerprint density at radius 1 is 1.00 bits per heavy atom. The number of aromatic nitrogens is 1. The Morgan fingerprint density at radius 3 is 2.61 bits per heavy atom. The first kappa shape index (κ1) is 21.6. The van der Waals surface area contributed by atoms with E-state index >= 15 is 0 Å². The number of fused-ring (bicyclic) bond motifs is 2. The van der Waals surface area contributed by atoms with Crippen LogP contribution in [-0.2, 0) is 0 Å². The van der Waals surface area contributed by atoms with Crippen LogP contribution < -0.4 is 10.9 Å². The minimum atomic E-state index is -0.631. The highest BCUT2D eigenvalue weighted by Crippen LogP contribution is 2.37. The Kier molecular flexibility index (Phi) is 6.07. The number of thioether (sulfide) groups is 1. The largest absolute Gasteiger partial charge is 0.422 e. The van der Waals surface area contributed by atoms with Crippen LogP contribution >= 0.6 is 27.7 Å². The molecule has 0 saturated carbocycles. The highest BCUT2D eigenvalue weighted by molar-refractivity contribution is 9.10. The number of para-hydroxylation sites is 2. The normalized spacial score (nSPS) is 11.2. The lowest BCUT2D eigenvalue weighted by atomic mass is 10.1. The molecule has 0 atom stereocenters. The minimum Gasteiger partial charge on any atom is -0.422 e. The van der Waals surface area contributed by atoms with Crippen molar-refractivity contribution in [1.29, 1.82) is 0 Å². The first-order chi connectivity index (χ1) is 16.1. The molecule has 2 aromatic heterocycles. The van der Waals surface area contributed by atoms with Crippen LogP contribution in [-0.4, -0.2) is 23.2 Å². The van der Waals surface area contributed by atoms with E-state index in [4.69, 9.17) is 4.42 Å². The second-order valence-corrected chi connectivity index (χ2v) is 9.49. The lowest BCUT2D eigenvalue weighted by molar-refractivity contribution is 0.0952. The van der Waals surface area contributed by atoms with Crippen molar-refractivity contribution in [3.8, 4) is 11.3 Å². The van der Waals surface area contributed by atoms with Gasteiger partial charge in [-0.15, -0.1) is 11.8 Å². The molecular weight excluding hydrogens is 500 g/mol. The molecule has 0 aliphatic carbocycles. The van der Waals surface area contributed by atoms with Crippen molar-refractivity contribution in [2.75, 3.05) is 12.3 Å². The van der Waals surface area contributed by atoms with Crippen molar-refractivity contribution < 1.29 is 9.21 Å². The number of nitrogens with one attached hydrogen (secondary N) is 2. The summed E-state index contributed by atoms with van der Waals surface area (Å²) in [4.78, 5) is 29.5. The molecular formula is C26H19BrN2O3S. The van der Waals surface area contributed by atoms with Gasteiger partial charge in [-0.05, 0) is 35.9 Å². The van der Waals surface area contributed by atoms with Crippen molar-refractivity contribution in [1.82, 2.24) is 10.3 Å². The molecule has 7 heteroatoms. The number of carbonyl (C=O) groups excluding carboxylic acids is 1. The van der Waals surface area contributed by atoms with E-state index in [1.165, 1.54) is 0 Å². The van der Waals surface area contributed by atoms with E-state index in [-0.39, 0.29) is 5.56 Å². The Labute approximate surface area is 202 Å². The molecule has 0 radical (unpaired) electrons. The van der Waals surface area contributed by atoms with Crippen molar-refractivity contribution >= 4 is 55.5 Å². The number of hydrogen-bond acceptors (Lipinski definition) is 4. The van der Waals surface area contributed by atoms with E-state index in [1.807, 2.05) is 36.4 Å². The standard InChI is InChI=1S/C26H19BrN2O3S/c27-18-11-9-16(10-12-18)23-24(19-6-2-3-7-21(19)29-23)33-14-13-28-25(30)20-15-17-5-1-4-8-22(17)32-26(20)31/h1-12,15,29H,13-14H2,(H,28,30). The molecule has 2 N–H and O–H groups in total. The smallest absolute Gasteiger partial charge is 0.349 e. The van der Waals surface area contributed by atoms with E-state index in [9.17, 15) is 9.59 Å². The van der Waals surface area contributed by atoms with E-state index < -0.39 is 11.5 Å². The molecule has 0 saturated heterocycles. The summed E-state index contributed by atoms with van der Waals surface area (Å²) in [7, 11) is 0. The SMILES string of the molecule is O=C(NCCSc1c(-c2ccc(Br)cc2)[nH]c2ccccc12)c1cc2ccccc2oc1=O. The molecule has 5 nitrogen and oxygen atoms in total. The van der Waals surface area contributed by atoms with Crippen LogP contribution in [0.1, 0.15) is 10.4 Å². The monoisotopic (exact) mass is 518 g/mol. The lowest BCUT2D eigenvalue weighted by Gasteiger charge is -2.07. The maximum Gasteiger partial charge on any atom is 0.349 e. The van der Waals surface area contributed by atoms with Crippen molar-refractivity contribution in [2.24, 2.45) is 0 Å². The van der Waals surface area contributed by atoms with Crippen molar-refractivity contribution in [3.63, 3.8) is 0 Å². The predicted octanol–water partition coefficient (Wildman–Crippen LogP) is 6.23. The van der Waals surface area contributed by atoms with Crippen LogP contribution in [0.3, 0.4) is 0 Å². The number of carbonyl (C=O) groups is 1. The zero-order chi connectivity index (χ0) is 22.8. The second kappa shape index (κ2) is 9.29. The fourth-order valence-electron chi connectivity index (χ4n) is 3.72. The van der Waals surface area contributed by atoms with E-state index in [1.54, 1.807) is 30.0 Å². The van der Waals surface area contributed by atoms with Crippen LogP contribution in [0.2, 0.25) is 0 Å². The zero-order valence-electron chi connectivity index (χ0n) is 17.4. The summed E-state index contributed by atoms with van der Waals surface area (Å²) in [6.07, 6.45) is 0. The topological polar surface area (TPSA) is 75.1 Å². The average Bonchev–Trinajstić information content (AvgIpc) is 3.20. The number of benzene rings is 3. The summed E-state index contributed by atoms with van der Waals surface area (Å²) in [5, 5.41) is 4.70. The predicted molar refractivity (Wildman–Crippen MR) is 137 cm³/mol. The maximum absolute atomic E-state index is 12.6. The quantitative estimate of drug-likeness (QED) is 0.159. The highest BCUT2D eigenvalue weighted by Gasteiger charge is 2.15. The van der Waals surface area contributed by atoms with Gasteiger partial charge in [0.1, 0.15) is 11.1 Å². The van der Waals surface area contributed by atoms with Crippen LogP contribution in [0.25, 0.3) is 33.1 Å². The van der Waals surface area contributed by atoms with Gasteiger partial charge in [-0.2, -0.15) is 0 Å². The Morgan fingerprint density at radius 2 is 1.76 bits per heavy atom. The number of halogens is 1. The first-order valence-electron chi connectivity index (χ1n) is 10.4. The van der Waals surface area contributed by atoms with E-state index in [0.717, 1.165) is 36.9 Å². The van der Waals surface area contributed by atoms with Gasteiger partial charge in [0, 0.05) is 38.0 Å². The molecule has 2 heterocycles. The molecule has 5 rings (SSSR count). The molecule has 0 spiro atoms. The molecule has 33 heavy (non-hydrogen) atoms. The molecule has 0 aliphatic rings. The van der Waals surface area contributed by atoms with Gasteiger partial charge in [0.2, 0.25) is 0 Å². The van der Waals surface area contributed by atoms with Crippen LogP contribution in [0, 0.1) is 0 Å². The summed E-state index contributed by atoms with van der Waals surface area (Å²) in [6.45, 7) is 0.412. The van der Waals surface area contributed by atoms with Gasteiger partial charge in [0.15, 0.2) is 0 Å². The molecule has 3 aromatic carbocycles.